The van der Waals surface area contributed by atoms with Gasteiger partial charge >= 0.3 is 0 Å². The second-order valence-corrected chi connectivity index (χ2v) is 5.82. The predicted octanol–water partition coefficient (Wildman–Crippen LogP) is 1.62. The van der Waals surface area contributed by atoms with Crippen molar-refractivity contribution in [2.24, 2.45) is 0 Å². The van der Waals surface area contributed by atoms with E-state index < -0.39 is 10.9 Å². The van der Waals surface area contributed by atoms with Crippen molar-refractivity contribution in [3.8, 4) is 0 Å². The molecule has 4 nitrogen and oxygen atoms in total. The Kier molecular flexibility index (Phi) is 2.93. The van der Waals surface area contributed by atoms with Gasteiger partial charge in [0, 0.05) is 23.5 Å². The van der Waals surface area contributed by atoms with Crippen LogP contribution < -0.4 is 21.5 Å². The number of rotatable bonds is 2. The number of benzene rings is 1. The van der Waals surface area contributed by atoms with Crippen molar-refractivity contribution in [2.45, 2.75) is 12.3 Å². The van der Waals surface area contributed by atoms with Crippen LogP contribution >= 0.6 is 15.9 Å². The molecule has 1 saturated heterocycles. The fourth-order valence-electron chi connectivity index (χ4n) is 2.71. The molecular weight excluding hydrogens is 308 g/mol. The van der Waals surface area contributed by atoms with Crippen LogP contribution in [0.4, 0.5) is 11.4 Å². The van der Waals surface area contributed by atoms with Gasteiger partial charge in [-0.15, -0.1) is 0 Å². The molecule has 0 amide bonds. The van der Waals surface area contributed by atoms with Gasteiger partial charge in [0.25, 0.3) is 10.9 Å². The van der Waals surface area contributed by atoms with Crippen molar-refractivity contribution in [3.05, 3.63) is 54.7 Å². The summed E-state index contributed by atoms with van der Waals surface area (Å²) >= 11 is 3.46. The first-order valence-corrected chi connectivity index (χ1v) is 6.96. The minimum Gasteiger partial charge on any atom is -0.394 e. The molecule has 0 saturated carbocycles. The van der Waals surface area contributed by atoms with Crippen molar-refractivity contribution in [1.82, 2.24) is 0 Å². The first-order valence-electron chi connectivity index (χ1n) is 6.17. The third-order valence-corrected chi connectivity index (χ3v) is 4.24. The molecule has 0 aliphatic carbocycles. The van der Waals surface area contributed by atoms with E-state index in [1.165, 1.54) is 5.56 Å². The lowest BCUT2D eigenvalue weighted by Gasteiger charge is -2.21. The van der Waals surface area contributed by atoms with Gasteiger partial charge in [-0.3, -0.25) is 9.59 Å². The van der Waals surface area contributed by atoms with Crippen LogP contribution in [0.15, 0.2) is 38.3 Å². The Bertz CT molecular complexity index is 704. The van der Waals surface area contributed by atoms with Gasteiger partial charge in [0.1, 0.15) is 11.4 Å². The van der Waals surface area contributed by atoms with Crippen LogP contribution in [-0.2, 0) is 0 Å². The maximum absolute atomic E-state index is 11.5. The molecule has 1 heterocycles. The van der Waals surface area contributed by atoms with Gasteiger partial charge in [0.2, 0.25) is 0 Å². The lowest BCUT2D eigenvalue weighted by atomic mass is 9.99. The Labute approximate surface area is 118 Å². The zero-order valence-electron chi connectivity index (χ0n) is 10.2. The lowest BCUT2D eigenvalue weighted by Crippen LogP contribution is -2.41. The van der Waals surface area contributed by atoms with Crippen LogP contribution in [0.1, 0.15) is 17.9 Å². The number of nitrogens with zero attached hydrogens (tertiary/aromatic N) is 1. The van der Waals surface area contributed by atoms with Gasteiger partial charge in [-0.2, -0.15) is 0 Å². The van der Waals surface area contributed by atoms with E-state index in [4.69, 9.17) is 5.73 Å². The summed E-state index contributed by atoms with van der Waals surface area (Å²) in [7, 11) is 0. The van der Waals surface area contributed by atoms with Crippen LogP contribution in [0.2, 0.25) is 0 Å². The second kappa shape index (κ2) is 4.49. The molecule has 0 aromatic heterocycles. The number of nitrogen functional groups attached to an aromatic ring is 1. The van der Waals surface area contributed by atoms with Crippen LogP contribution in [0.5, 0.6) is 0 Å². The summed E-state index contributed by atoms with van der Waals surface area (Å²) in [5.74, 6) is 0.376. The molecule has 2 aromatic carbocycles. The molecule has 1 unspecified atom stereocenters. The third-order valence-electron chi connectivity index (χ3n) is 3.75. The maximum Gasteiger partial charge on any atom is 0.253 e. The van der Waals surface area contributed by atoms with Crippen LogP contribution in [0.3, 0.4) is 0 Å². The highest BCUT2D eigenvalue weighted by molar-refractivity contribution is 9.10. The molecule has 1 aliphatic rings. The number of halogens is 1. The summed E-state index contributed by atoms with van der Waals surface area (Å²) in [5, 5.41) is 0. The SMILES string of the molecule is Nc1c(N2CCC(c3cccc(Br)c3)C2)c(=O)c1=O. The van der Waals surface area contributed by atoms with Crippen molar-refractivity contribution in [2.75, 3.05) is 23.7 Å². The highest BCUT2D eigenvalue weighted by Gasteiger charge is 2.30. The average molecular weight is 321 g/mol. The summed E-state index contributed by atoms with van der Waals surface area (Å²) in [5.41, 5.74) is 6.41. The third kappa shape index (κ3) is 1.98. The Balaban J connectivity index is 1.82. The predicted molar refractivity (Wildman–Crippen MR) is 79.5 cm³/mol. The molecule has 2 aromatic rings. The number of hydrogen-bond acceptors (Lipinski definition) is 4. The molecule has 5 heteroatoms. The Morgan fingerprint density at radius 2 is 2.05 bits per heavy atom. The number of nitrogens with two attached hydrogens (primary N) is 1. The van der Waals surface area contributed by atoms with Crippen molar-refractivity contribution < 1.29 is 0 Å². The zero-order valence-corrected chi connectivity index (χ0v) is 11.8. The normalized spacial score (nSPS) is 19.2. The van der Waals surface area contributed by atoms with E-state index in [-0.39, 0.29) is 5.69 Å². The molecule has 0 bridgehead atoms. The first kappa shape index (κ1) is 12.4. The zero-order chi connectivity index (χ0) is 13.6. The van der Waals surface area contributed by atoms with Gasteiger partial charge in [-0.1, -0.05) is 28.1 Å². The second-order valence-electron chi connectivity index (χ2n) is 4.91. The monoisotopic (exact) mass is 320 g/mol. The summed E-state index contributed by atoms with van der Waals surface area (Å²) in [6, 6.07) is 8.18. The molecule has 1 fully saturated rings. The minimum atomic E-state index is -0.541. The molecule has 2 N–H and O–H groups in total. The van der Waals surface area contributed by atoms with E-state index in [1.807, 2.05) is 17.0 Å². The molecule has 0 spiro atoms. The average Bonchev–Trinajstić information content (AvgIpc) is 2.88. The van der Waals surface area contributed by atoms with E-state index >= 15 is 0 Å². The molecule has 3 rings (SSSR count). The smallest absolute Gasteiger partial charge is 0.253 e. The Morgan fingerprint density at radius 3 is 2.74 bits per heavy atom. The van der Waals surface area contributed by atoms with Crippen LogP contribution in [0, 0.1) is 0 Å². The van der Waals surface area contributed by atoms with Crippen molar-refractivity contribution >= 4 is 27.3 Å². The molecule has 0 radical (unpaired) electrons. The fourth-order valence-corrected chi connectivity index (χ4v) is 3.12. The van der Waals surface area contributed by atoms with Crippen LogP contribution in [0.25, 0.3) is 0 Å². The van der Waals surface area contributed by atoms with Crippen molar-refractivity contribution in [3.63, 3.8) is 0 Å². The van der Waals surface area contributed by atoms with E-state index in [0.717, 1.165) is 24.0 Å². The first-order chi connectivity index (χ1) is 9.08. The molecule has 19 heavy (non-hydrogen) atoms. The fraction of sp³-hybridized carbons (Fsp3) is 0.286. The van der Waals surface area contributed by atoms with Crippen molar-refractivity contribution in [1.29, 1.82) is 0 Å². The largest absolute Gasteiger partial charge is 0.394 e. The van der Waals surface area contributed by atoms with Gasteiger partial charge in [-0.25, -0.2) is 0 Å². The highest BCUT2D eigenvalue weighted by atomic mass is 79.9. The van der Waals surface area contributed by atoms with E-state index in [9.17, 15) is 9.59 Å². The standard InChI is InChI=1S/C14H13BrN2O2/c15-10-3-1-2-8(6-10)9-4-5-17(7-9)12-11(16)13(18)14(12)19/h1-3,6,9H,4-5,7,16H2. The van der Waals surface area contributed by atoms with Gasteiger partial charge in [0.05, 0.1) is 0 Å². The summed E-state index contributed by atoms with van der Waals surface area (Å²) in [4.78, 5) is 24.6. The molecule has 1 aliphatic heterocycles. The van der Waals surface area contributed by atoms with Gasteiger partial charge in [-0.05, 0) is 24.1 Å². The molecule has 98 valence electrons. The molecule has 1 atom stereocenters. The lowest BCUT2D eigenvalue weighted by molar-refractivity contribution is 0.774. The Morgan fingerprint density at radius 1 is 1.26 bits per heavy atom. The Hall–Kier alpha value is -1.62. The summed E-state index contributed by atoms with van der Waals surface area (Å²) < 4.78 is 1.05. The van der Waals surface area contributed by atoms with Crippen LogP contribution in [-0.4, -0.2) is 13.1 Å². The van der Waals surface area contributed by atoms with E-state index in [0.29, 0.717) is 11.6 Å². The summed E-state index contributed by atoms with van der Waals surface area (Å²) in [6.45, 7) is 1.51. The molecular formula is C14H13BrN2O2. The minimum absolute atomic E-state index is 0.125. The topological polar surface area (TPSA) is 63.4 Å². The maximum atomic E-state index is 11.5. The van der Waals surface area contributed by atoms with Gasteiger partial charge in [0.15, 0.2) is 0 Å². The highest BCUT2D eigenvalue weighted by Crippen LogP contribution is 2.32. The van der Waals surface area contributed by atoms with Gasteiger partial charge < -0.3 is 10.6 Å². The number of anilines is 2. The van der Waals surface area contributed by atoms with E-state index in [2.05, 4.69) is 28.1 Å². The summed E-state index contributed by atoms with van der Waals surface area (Å²) in [6.07, 6.45) is 0.967. The number of hydrogen-bond donors (Lipinski definition) is 1. The van der Waals surface area contributed by atoms with E-state index in [1.54, 1.807) is 0 Å². The quantitative estimate of drug-likeness (QED) is 0.854.